The first kappa shape index (κ1) is 29.9. The Hall–Kier alpha value is -1.63. The van der Waals surface area contributed by atoms with Crippen molar-refractivity contribution in [1.82, 2.24) is 0 Å². The molecule has 0 saturated carbocycles. The summed E-state index contributed by atoms with van der Waals surface area (Å²) in [4.78, 5) is 0. The third kappa shape index (κ3) is 9.26. The van der Waals surface area contributed by atoms with E-state index in [4.69, 9.17) is 17.0 Å². The summed E-state index contributed by atoms with van der Waals surface area (Å²) in [5, 5.41) is 0. The van der Waals surface area contributed by atoms with E-state index < -0.39 is 26.2 Å². The van der Waals surface area contributed by atoms with Gasteiger partial charge in [-0.2, -0.15) is 45.5 Å². The van der Waals surface area contributed by atoms with Crippen molar-refractivity contribution in [2.75, 3.05) is 0 Å². The van der Waals surface area contributed by atoms with Crippen LogP contribution in [-0.4, -0.2) is 9.98 Å². The maximum atomic E-state index is 6.00. The minimum atomic E-state index is -1.89. The van der Waals surface area contributed by atoms with Crippen LogP contribution in [0.1, 0.15) is 22.3 Å². The standard InChI is InChI=1S/2C13H13.C7H8Ge.2ClH.Zr/c2*1-10-8-11(2)13(9-10)12-6-4-3-5-7-12;1-8-7-5-3-2-4-6-7;;;/h2*3-9H,1-2H3;2-6H,1H3;2*1H;/q2*-1;;;;+2/p-2. The molecule has 0 heterocycles. The molecule has 0 saturated heterocycles. The number of benzene rings is 3. The van der Waals surface area contributed by atoms with Crippen molar-refractivity contribution in [2.24, 2.45) is 0 Å². The minimum absolute atomic E-state index is 1.17. The van der Waals surface area contributed by atoms with E-state index in [-0.39, 0.29) is 0 Å². The zero-order chi connectivity index (χ0) is 26.8. The van der Waals surface area contributed by atoms with Gasteiger partial charge < -0.3 is 0 Å². The van der Waals surface area contributed by atoms with Gasteiger partial charge in [0.05, 0.1) is 0 Å². The molecule has 0 aromatic heterocycles. The molecule has 0 fully saturated rings. The molecular formula is C33H34Cl2GeZr-2. The summed E-state index contributed by atoms with van der Waals surface area (Å²) >= 11 is -1.89. The van der Waals surface area contributed by atoms with Crippen molar-refractivity contribution >= 4 is 31.4 Å². The monoisotopic (exact) mass is 664 g/mol. The molecule has 0 radical (unpaired) electrons. The van der Waals surface area contributed by atoms with Gasteiger partial charge in [-0.3, -0.25) is 0 Å². The molecule has 37 heavy (non-hydrogen) atoms. The van der Waals surface area contributed by atoms with Gasteiger partial charge in [0, 0.05) is 0 Å². The summed E-state index contributed by atoms with van der Waals surface area (Å²) in [6, 6.07) is 40.4. The van der Waals surface area contributed by atoms with Crippen LogP contribution in [0.25, 0.3) is 22.3 Å². The topological polar surface area (TPSA) is 0 Å². The third-order valence-electron chi connectivity index (χ3n) is 6.14. The molecule has 0 aliphatic carbocycles. The van der Waals surface area contributed by atoms with Gasteiger partial charge in [-0.15, -0.1) is 0 Å². The van der Waals surface area contributed by atoms with Crippen LogP contribution in [0.2, 0.25) is 5.76 Å². The van der Waals surface area contributed by atoms with E-state index in [9.17, 15) is 0 Å². The van der Waals surface area contributed by atoms with Crippen molar-refractivity contribution < 1.29 is 16.2 Å². The van der Waals surface area contributed by atoms with Gasteiger partial charge in [-0.1, -0.05) is 99.5 Å². The first-order chi connectivity index (χ1) is 17.8. The molecule has 5 rings (SSSR count). The van der Waals surface area contributed by atoms with Crippen LogP contribution in [0.5, 0.6) is 0 Å². The van der Waals surface area contributed by atoms with Crippen LogP contribution in [0.3, 0.4) is 0 Å². The van der Waals surface area contributed by atoms with Crippen LogP contribution < -0.4 is 4.40 Å². The van der Waals surface area contributed by atoms with Crippen molar-refractivity contribution in [3.05, 3.63) is 138 Å². The molecule has 5 aromatic carbocycles. The summed E-state index contributed by atoms with van der Waals surface area (Å²) in [7, 11) is 10.8. The Morgan fingerprint density at radius 3 is 1.22 bits per heavy atom. The summed E-state index contributed by atoms with van der Waals surface area (Å²) in [6.45, 7) is 8.60. The second-order valence-electron chi connectivity index (χ2n) is 9.24. The van der Waals surface area contributed by atoms with E-state index in [2.05, 4.69) is 143 Å². The number of halogens is 2. The Kier molecular flexibility index (Phi) is 12.2. The van der Waals surface area contributed by atoms with Crippen molar-refractivity contribution in [2.45, 2.75) is 33.5 Å². The molecule has 0 bridgehead atoms. The molecule has 0 unspecified atom stereocenters. The van der Waals surface area contributed by atoms with Crippen LogP contribution in [0.15, 0.2) is 115 Å². The third-order valence-corrected chi connectivity index (χ3v) is 38.2. The molecule has 0 aliphatic rings. The van der Waals surface area contributed by atoms with E-state index in [0.29, 0.717) is 0 Å². The Morgan fingerprint density at radius 2 is 0.919 bits per heavy atom. The van der Waals surface area contributed by atoms with Crippen molar-refractivity contribution in [3.63, 3.8) is 0 Å². The average Bonchev–Trinajstić information content (AvgIpc) is 3.44. The Bertz CT molecular complexity index is 1330. The molecular weight excluding hydrogens is 631 g/mol. The summed E-state index contributed by atoms with van der Waals surface area (Å²) in [6.07, 6.45) is 0. The Labute approximate surface area is 238 Å². The Balaban J connectivity index is 0.000000155. The van der Waals surface area contributed by atoms with E-state index in [1.807, 2.05) is 6.07 Å². The normalized spacial score (nSPS) is 10.0. The van der Waals surface area contributed by atoms with Crippen LogP contribution in [-0.2, 0) is 16.2 Å². The molecule has 0 atom stereocenters. The Morgan fingerprint density at radius 1 is 0.568 bits per heavy atom. The van der Waals surface area contributed by atoms with E-state index in [0.717, 1.165) is 0 Å². The van der Waals surface area contributed by atoms with E-state index in [1.165, 1.54) is 48.9 Å². The summed E-state index contributed by atoms with van der Waals surface area (Å²) in [5.74, 6) is 2.27. The van der Waals surface area contributed by atoms with Crippen LogP contribution in [0, 0.1) is 27.7 Å². The summed E-state index contributed by atoms with van der Waals surface area (Å²) < 4.78 is 1.44. The molecule has 0 N–H and O–H groups in total. The van der Waals surface area contributed by atoms with Crippen molar-refractivity contribution in [1.29, 1.82) is 0 Å². The van der Waals surface area contributed by atoms with E-state index in [1.54, 1.807) is 0 Å². The summed E-state index contributed by atoms with van der Waals surface area (Å²) in [5.41, 5.74) is 10.8. The fourth-order valence-corrected chi connectivity index (χ4v) is 17.8. The molecule has 0 nitrogen and oxygen atoms in total. The molecule has 0 amide bonds. The molecule has 5 aromatic rings. The molecule has 0 spiro atoms. The van der Waals surface area contributed by atoms with Crippen LogP contribution >= 0.6 is 17.0 Å². The fraction of sp³-hybridized carbons (Fsp3) is 0.152. The van der Waals surface area contributed by atoms with Crippen molar-refractivity contribution in [3.8, 4) is 22.3 Å². The SMILES string of the molecule is Cc1cc(-c2ccccc2)c(C)[cH-]1.Cc1cc(-c2ccccc2)c(C)[cH-]1.[CH3][Ge]([c]1ccccc1)=[Zr]([Cl])[Cl]. The van der Waals surface area contributed by atoms with Gasteiger partial charge >= 0.3 is 83.7 Å². The number of hydrogen-bond acceptors (Lipinski definition) is 0. The van der Waals surface area contributed by atoms with Gasteiger partial charge in [0.15, 0.2) is 0 Å². The van der Waals surface area contributed by atoms with Gasteiger partial charge in [0.2, 0.25) is 0 Å². The molecule has 0 aliphatic heterocycles. The number of hydrogen-bond donors (Lipinski definition) is 0. The predicted molar refractivity (Wildman–Crippen MR) is 163 cm³/mol. The first-order valence-corrected chi connectivity index (χ1v) is 29.3. The second-order valence-corrected chi connectivity index (χ2v) is 43.6. The zero-order valence-corrected chi connectivity index (χ0v) is 28.3. The fourth-order valence-electron chi connectivity index (χ4n) is 4.26. The number of aryl methyl sites for hydroxylation is 4. The van der Waals surface area contributed by atoms with Crippen LogP contribution in [0.4, 0.5) is 0 Å². The van der Waals surface area contributed by atoms with Gasteiger partial charge in [0.1, 0.15) is 0 Å². The second kappa shape index (κ2) is 15.1. The number of rotatable bonds is 3. The van der Waals surface area contributed by atoms with Gasteiger partial charge in [0.25, 0.3) is 0 Å². The zero-order valence-electron chi connectivity index (χ0n) is 22.2. The van der Waals surface area contributed by atoms with Gasteiger partial charge in [-0.05, 0) is 0 Å². The maximum absolute atomic E-state index is 6.00. The molecule has 190 valence electrons. The van der Waals surface area contributed by atoms with E-state index >= 15 is 0 Å². The quantitative estimate of drug-likeness (QED) is 0.133. The first-order valence-electron chi connectivity index (χ1n) is 12.4. The van der Waals surface area contributed by atoms with Gasteiger partial charge in [-0.25, -0.2) is 12.1 Å². The molecule has 4 heteroatoms. The predicted octanol–water partition coefficient (Wildman–Crippen LogP) is 9.82. The average molecular weight is 665 g/mol.